The highest BCUT2D eigenvalue weighted by Crippen LogP contribution is 2.12. The van der Waals surface area contributed by atoms with Gasteiger partial charge >= 0.3 is 0 Å². The second-order valence-corrected chi connectivity index (χ2v) is 5.77. The summed E-state index contributed by atoms with van der Waals surface area (Å²) in [5.74, 6) is 0.0914. The number of nitrogens with zero attached hydrogens (tertiary/aromatic N) is 2. The van der Waals surface area contributed by atoms with Crippen molar-refractivity contribution in [3.8, 4) is 0 Å². The average molecular weight is 333 g/mol. The number of pyridine rings is 1. The molecule has 3 aromatic rings. The van der Waals surface area contributed by atoms with E-state index in [0.29, 0.717) is 18.5 Å². The summed E-state index contributed by atoms with van der Waals surface area (Å²) < 4.78 is 1.97. The summed E-state index contributed by atoms with van der Waals surface area (Å²) in [5, 5.41) is 10.7. The van der Waals surface area contributed by atoms with Crippen molar-refractivity contribution in [1.82, 2.24) is 0 Å². The van der Waals surface area contributed by atoms with Crippen LogP contribution in [0.15, 0.2) is 79.1 Å². The minimum Gasteiger partial charge on any atom is -0.294 e. The maximum atomic E-state index is 12.2. The maximum absolute atomic E-state index is 12.2. The number of carbonyl (C=O) groups excluding carboxylic acids is 1. The number of carbonyl (C=O) groups is 1. The Morgan fingerprint density at radius 2 is 1.52 bits per heavy atom. The van der Waals surface area contributed by atoms with Crippen molar-refractivity contribution in [2.45, 2.75) is 13.0 Å². The third-order valence-electron chi connectivity index (χ3n) is 3.93. The smallest absolute Gasteiger partial charge is 0.269 e. The molecule has 0 amide bonds. The molecule has 1 aromatic heterocycles. The van der Waals surface area contributed by atoms with Crippen LogP contribution in [0.3, 0.4) is 0 Å². The Kier molecular flexibility index (Phi) is 4.95. The fourth-order valence-corrected chi connectivity index (χ4v) is 2.56. The number of aromatic nitrogens is 1. The van der Waals surface area contributed by atoms with Crippen molar-refractivity contribution in [3.05, 3.63) is 106 Å². The third-order valence-corrected chi connectivity index (χ3v) is 3.93. The summed E-state index contributed by atoms with van der Waals surface area (Å²) in [5.41, 5.74) is 2.73. The highest BCUT2D eigenvalue weighted by atomic mass is 16.6. The zero-order valence-corrected chi connectivity index (χ0v) is 13.5. The summed E-state index contributed by atoms with van der Waals surface area (Å²) in [6.07, 6.45) is 4.19. The number of ketones is 1. The highest BCUT2D eigenvalue weighted by molar-refractivity contribution is 5.97. The van der Waals surface area contributed by atoms with Crippen molar-refractivity contribution >= 4 is 11.5 Å². The van der Waals surface area contributed by atoms with Gasteiger partial charge in [0.1, 0.15) is 0 Å². The molecule has 0 N–H and O–H groups in total. The lowest BCUT2D eigenvalue weighted by Gasteiger charge is -2.02. The van der Waals surface area contributed by atoms with Crippen molar-refractivity contribution in [1.29, 1.82) is 0 Å². The Balaban J connectivity index is 1.64. The van der Waals surface area contributed by atoms with Crippen LogP contribution >= 0.6 is 0 Å². The number of rotatable bonds is 6. The molecule has 0 spiro atoms. The van der Waals surface area contributed by atoms with E-state index in [1.807, 2.05) is 59.4 Å². The van der Waals surface area contributed by atoms with Crippen molar-refractivity contribution in [2.75, 3.05) is 0 Å². The largest absolute Gasteiger partial charge is 0.294 e. The predicted octanol–water partition coefficient (Wildman–Crippen LogP) is 3.36. The van der Waals surface area contributed by atoms with Gasteiger partial charge < -0.3 is 0 Å². The molecule has 0 saturated heterocycles. The fraction of sp³-hybridized carbons (Fsp3) is 0.100. The number of benzene rings is 2. The first-order valence-corrected chi connectivity index (χ1v) is 7.91. The molecule has 0 radical (unpaired) electrons. The van der Waals surface area contributed by atoms with Crippen molar-refractivity contribution in [2.24, 2.45) is 0 Å². The van der Waals surface area contributed by atoms with Crippen LogP contribution in [0.5, 0.6) is 0 Å². The molecule has 1 heterocycles. The Morgan fingerprint density at radius 3 is 2.12 bits per heavy atom. The summed E-state index contributed by atoms with van der Waals surface area (Å²) in [4.78, 5) is 22.5. The zero-order valence-electron chi connectivity index (χ0n) is 13.5. The standard InChI is InChI=1S/C20H17N2O3/c23-20(18-4-2-1-3-5-18)14-16-10-12-21(13-11-16)15-17-6-8-19(9-7-17)22(24)25/h1-13H,14-15H2/q+1. The third kappa shape index (κ3) is 4.35. The Labute approximate surface area is 145 Å². The summed E-state index contributed by atoms with van der Waals surface area (Å²) in [6, 6.07) is 19.6. The molecule has 0 fully saturated rings. The van der Waals surface area contributed by atoms with E-state index in [9.17, 15) is 14.9 Å². The van der Waals surface area contributed by atoms with Gasteiger partial charge in [0.2, 0.25) is 0 Å². The van der Waals surface area contributed by atoms with E-state index >= 15 is 0 Å². The van der Waals surface area contributed by atoms with Gasteiger partial charge in [-0.1, -0.05) is 30.3 Å². The lowest BCUT2D eigenvalue weighted by Crippen LogP contribution is -2.33. The zero-order chi connectivity index (χ0) is 17.6. The van der Waals surface area contributed by atoms with Gasteiger partial charge in [0.25, 0.3) is 5.69 Å². The van der Waals surface area contributed by atoms with Crippen molar-refractivity contribution in [3.63, 3.8) is 0 Å². The fourth-order valence-electron chi connectivity index (χ4n) is 2.56. The summed E-state index contributed by atoms with van der Waals surface area (Å²) in [6.45, 7) is 0.616. The molecule has 0 aliphatic heterocycles. The van der Waals surface area contributed by atoms with E-state index in [-0.39, 0.29) is 11.5 Å². The van der Waals surface area contributed by atoms with Gasteiger partial charge in [-0.15, -0.1) is 0 Å². The van der Waals surface area contributed by atoms with E-state index in [1.165, 1.54) is 12.1 Å². The lowest BCUT2D eigenvalue weighted by atomic mass is 10.0. The van der Waals surface area contributed by atoms with E-state index in [1.54, 1.807) is 12.1 Å². The van der Waals surface area contributed by atoms with Crippen LogP contribution in [0.2, 0.25) is 0 Å². The van der Waals surface area contributed by atoms with E-state index < -0.39 is 4.92 Å². The molecule has 0 unspecified atom stereocenters. The molecule has 3 rings (SSSR count). The van der Waals surface area contributed by atoms with Crippen LogP contribution in [0.1, 0.15) is 21.5 Å². The van der Waals surface area contributed by atoms with E-state index in [4.69, 9.17) is 0 Å². The number of hydrogen-bond donors (Lipinski definition) is 0. The molecule has 0 aliphatic carbocycles. The van der Waals surface area contributed by atoms with E-state index in [2.05, 4.69) is 0 Å². The summed E-state index contributed by atoms with van der Waals surface area (Å²) in [7, 11) is 0. The van der Waals surface area contributed by atoms with Gasteiger partial charge in [0.15, 0.2) is 24.7 Å². The SMILES string of the molecule is O=C(Cc1cc[n+](Cc2ccc([N+](=O)[O-])cc2)cc1)c1ccccc1. The van der Waals surface area contributed by atoms with Gasteiger partial charge in [-0.3, -0.25) is 14.9 Å². The summed E-state index contributed by atoms with van der Waals surface area (Å²) >= 11 is 0. The van der Waals surface area contributed by atoms with Crippen LogP contribution in [0.25, 0.3) is 0 Å². The molecule has 25 heavy (non-hydrogen) atoms. The van der Waals surface area contributed by atoms with Crippen LogP contribution in [0.4, 0.5) is 5.69 Å². The molecule has 0 saturated carbocycles. The van der Waals surface area contributed by atoms with Gasteiger partial charge in [-0.2, -0.15) is 0 Å². The first-order chi connectivity index (χ1) is 12.1. The Hall–Kier alpha value is -3.34. The lowest BCUT2D eigenvalue weighted by molar-refractivity contribution is -0.688. The molecule has 124 valence electrons. The molecule has 5 nitrogen and oxygen atoms in total. The molecule has 5 heteroatoms. The molecule has 0 aliphatic rings. The maximum Gasteiger partial charge on any atom is 0.269 e. The van der Waals surface area contributed by atoms with Crippen LogP contribution < -0.4 is 4.57 Å². The Bertz CT molecular complexity index is 873. The number of nitro benzene ring substituents is 1. The topological polar surface area (TPSA) is 64.1 Å². The minimum absolute atomic E-state index is 0.0866. The number of Topliss-reactive ketones (excluding diaryl/α,β-unsaturated/α-hetero) is 1. The number of nitro groups is 1. The first-order valence-electron chi connectivity index (χ1n) is 7.91. The average Bonchev–Trinajstić information content (AvgIpc) is 2.64. The van der Waals surface area contributed by atoms with E-state index in [0.717, 1.165) is 11.1 Å². The molecule has 2 aromatic carbocycles. The van der Waals surface area contributed by atoms with Crippen LogP contribution in [0, 0.1) is 10.1 Å². The minimum atomic E-state index is -0.407. The van der Waals surface area contributed by atoms with Gasteiger partial charge in [-0.25, -0.2) is 4.57 Å². The van der Waals surface area contributed by atoms with Gasteiger partial charge in [-0.05, 0) is 17.7 Å². The molecule has 0 atom stereocenters. The molecule has 0 bridgehead atoms. The van der Waals surface area contributed by atoms with Crippen LogP contribution in [-0.4, -0.2) is 10.7 Å². The second-order valence-electron chi connectivity index (χ2n) is 5.77. The first kappa shape index (κ1) is 16.5. The number of non-ortho nitro benzene ring substituents is 1. The monoisotopic (exact) mass is 333 g/mol. The normalized spacial score (nSPS) is 10.4. The van der Waals surface area contributed by atoms with Gasteiger partial charge in [0, 0.05) is 41.8 Å². The van der Waals surface area contributed by atoms with Crippen LogP contribution in [-0.2, 0) is 13.0 Å². The van der Waals surface area contributed by atoms with Crippen molar-refractivity contribution < 1.29 is 14.3 Å². The predicted molar refractivity (Wildman–Crippen MR) is 93.3 cm³/mol. The quantitative estimate of drug-likeness (QED) is 0.301. The highest BCUT2D eigenvalue weighted by Gasteiger charge is 2.10. The van der Waals surface area contributed by atoms with Gasteiger partial charge in [0.05, 0.1) is 4.92 Å². The molecular formula is C20H17N2O3+. The Morgan fingerprint density at radius 1 is 0.880 bits per heavy atom. The molecular weight excluding hydrogens is 316 g/mol. The second kappa shape index (κ2) is 7.49. The number of hydrogen-bond acceptors (Lipinski definition) is 3.